The molecule has 52 heteroatoms. The highest BCUT2D eigenvalue weighted by atomic mass is 16.5. The molecule has 0 spiro atoms. The predicted molar refractivity (Wildman–Crippen MR) is 517 cm³/mol. The fourth-order valence-electron chi connectivity index (χ4n) is 16.8. The van der Waals surface area contributed by atoms with Gasteiger partial charge in [-0.3, -0.25) is 116 Å². The Bertz CT molecular complexity index is 4890. The standard InChI is InChI=1S/C93H150N24O28/c1-25-46(10)70-82(132)106-61-40-67(123)110-93(61,143)49(13)76(126)103-56(38-66(122)107-92(98)142)79(129)100-51(15)84(134)117(23)75(48(12)27-3)91(141)145-52(16)71(83(133)105-58(37-64(96)120)85(135)111(17)41-68(124)101-54(35-62(94)118)78(128)99-50(14)77(127)108-70)109-80(130)55(36-63(95)119)104-81(131)59(33-43(4)5)112(18)88(138)73(45(8)9)115(21)90(140)74(47(11)26-2)116(22)87(137)60(39-65(97)121)113(19)89(139)72(44(6)7)114(20)86(136)57(102-69(125)42-144-24)34-53-31-29-28-30-32-53/h28-32,43-52,54-61,70-75,143H,25-27,33-42H2,1-24H3,(H2,94,118)(H2,95,119)(H2,96,120)(H2,97,121)(H,99,128)(H,100,129)(H,101,124)(H,102,125)(H,103,126)(H,104,131)(H,105,133)(H,106,132)(H,108,127)(H,109,130)(H,110,123)(H3,98,107,122,142)/t46-,47+,48+,49+,50-,51+,52+,54-,55-,56-,57+,58-,59-,60-,61-,70+,71-,72-,73-,74-,75-,93+/m0/s1. The number of hydrogen-bond donors (Lipinski definition) is 18. The minimum absolute atomic E-state index is 0.0103. The molecule has 25 amide bonds. The van der Waals surface area contributed by atoms with E-state index in [4.69, 9.17) is 38.1 Å². The molecule has 1 aromatic carbocycles. The van der Waals surface area contributed by atoms with Gasteiger partial charge in [-0.25, -0.2) is 9.59 Å². The molecular weight excluding hydrogens is 1900 g/mol. The molecule has 1 aromatic rings. The molecule has 810 valence electrons. The van der Waals surface area contributed by atoms with Gasteiger partial charge < -0.3 is 136 Å². The van der Waals surface area contributed by atoms with E-state index in [1.54, 1.807) is 105 Å². The number of likely N-dealkylation sites (N-methyl/N-ethyl adjacent to an activating group) is 7. The summed E-state index contributed by atoms with van der Waals surface area (Å²) in [6.07, 6.45) is -7.99. The Balaban J connectivity index is 2.33. The first kappa shape index (κ1) is 125. The van der Waals surface area contributed by atoms with Crippen LogP contribution < -0.4 is 92.5 Å². The smallest absolute Gasteiger partial charge is 0.329 e. The largest absolute Gasteiger partial charge is 0.458 e. The number of imide groups is 1. The third kappa shape index (κ3) is 35.7. The molecule has 2 heterocycles. The SMILES string of the molecule is CC[C@@H](C)[C@H]1C(=O)O[C@H](C)[C@H](NC(=O)[C@H](CC(N)=O)NC(=O)[C@H](CC(C)C)N(C)C(=O)[C@H](C(C)C)N(C)C(=O)[C@H]([C@H](C)CC)N(C)C(=O)[C@H](CC(N)=O)N(C)C(=O)[C@H](C(C)C)N(C)C(=O)[C@@H](Cc2ccccc2)NC(=O)COC)C(=O)N[C@@H](CC(N)=O)C(=O)N(C)CC(=O)N[C@@H](CC(N)=O)C(=O)N[C@@H](C)C(=O)N[C@H]([C@@H](C)CC)C(=O)N[C@H]2CC(=O)N[C@@]2(O)[C@H](C)C(=O)N[C@@H](CC(=O)NC(N)=O)C(=O)N[C@H](C)C(=O)N1C. The highest BCUT2D eigenvalue weighted by Crippen LogP contribution is 2.31. The van der Waals surface area contributed by atoms with Crippen molar-refractivity contribution in [1.82, 2.24) is 98.1 Å². The molecule has 3 rings (SSSR count). The maximum atomic E-state index is 15.6. The van der Waals surface area contributed by atoms with Crippen LogP contribution in [0.4, 0.5) is 4.79 Å². The Morgan fingerprint density at radius 2 is 1.01 bits per heavy atom. The number of carbonyl (C=O) groups excluding carboxylic acids is 25. The van der Waals surface area contributed by atoms with Crippen LogP contribution in [-0.2, 0) is 131 Å². The maximum Gasteiger partial charge on any atom is 0.329 e. The van der Waals surface area contributed by atoms with Crippen molar-refractivity contribution >= 4 is 148 Å². The number of cyclic esters (lactones) is 1. The zero-order valence-electron chi connectivity index (χ0n) is 86.9. The van der Waals surface area contributed by atoms with Crippen LogP contribution in [0.15, 0.2) is 30.3 Å². The third-order valence-corrected chi connectivity index (χ3v) is 25.6. The fourth-order valence-corrected chi connectivity index (χ4v) is 16.8. The number of hydrogen-bond acceptors (Lipinski definition) is 28. The molecule has 0 saturated carbocycles. The van der Waals surface area contributed by atoms with E-state index in [1.807, 2.05) is 0 Å². The topological polar surface area (TPSA) is 763 Å². The van der Waals surface area contributed by atoms with E-state index < -0.39 is 349 Å². The van der Waals surface area contributed by atoms with Crippen LogP contribution >= 0.6 is 0 Å². The summed E-state index contributed by atoms with van der Waals surface area (Å²) < 4.78 is 11.0. The first-order valence-corrected chi connectivity index (χ1v) is 47.7. The molecule has 0 bridgehead atoms. The first-order chi connectivity index (χ1) is 67.3. The Hall–Kier alpha value is -14.1. The summed E-state index contributed by atoms with van der Waals surface area (Å²) in [6.45, 7) is 21.7. The van der Waals surface area contributed by atoms with Gasteiger partial charge in [-0.1, -0.05) is 133 Å². The minimum Gasteiger partial charge on any atom is -0.458 e. The number of urea groups is 1. The Kier molecular flexibility index (Phi) is 49.0. The summed E-state index contributed by atoms with van der Waals surface area (Å²) in [5.74, 6) is -34.3. The molecule has 2 saturated heterocycles. The van der Waals surface area contributed by atoms with Crippen LogP contribution in [0.2, 0.25) is 0 Å². The monoisotopic (exact) mass is 2050 g/mol. The van der Waals surface area contributed by atoms with Gasteiger partial charge in [0.2, 0.25) is 136 Å². The number of nitrogens with one attached hydrogen (secondary N) is 12. The van der Waals surface area contributed by atoms with E-state index in [0.717, 1.165) is 71.2 Å². The van der Waals surface area contributed by atoms with Gasteiger partial charge in [0.15, 0.2) is 5.72 Å². The molecule has 0 radical (unpaired) electrons. The van der Waals surface area contributed by atoms with Crippen molar-refractivity contribution in [2.24, 2.45) is 70.1 Å². The molecule has 23 N–H and O–H groups in total. The number of nitrogens with two attached hydrogens (primary N) is 5. The Labute approximate surface area is 842 Å². The van der Waals surface area contributed by atoms with Crippen molar-refractivity contribution in [3.63, 3.8) is 0 Å². The van der Waals surface area contributed by atoms with Gasteiger partial charge in [0.05, 0.1) is 57.0 Å². The van der Waals surface area contributed by atoms with Crippen LogP contribution in [0.1, 0.15) is 181 Å². The van der Waals surface area contributed by atoms with Crippen molar-refractivity contribution < 1.29 is 134 Å². The minimum atomic E-state index is -2.77. The number of amides is 25. The second-order valence-corrected chi connectivity index (χ2v) is 38.3. The van der Waals surface area contributed by atoms with Crippen molar-refractivity contribution in [2.75, 3.05) is 69.6 Å². The van der Waals surface area contributed by atoms with Crippen molar-refractivity contribution in [1.29, 1.82) is 0 Å². The molecule has 145 heavy (non-hydrogen) atoms. The molecule has 2 aliphatic rings. The van der Waals surface area contributed by atoms with Crippen molar-refractivity contribution in [3.05, 3.63) is 35.9 Å². The van der Waals surface area contributed by atoms with E-state index in [2.05, 4.69) is 58.5 Å². The van der Waals surface area contributed by atoms with E-state index >= 15 is 38.4 Å². The molecule has 0 unspecified atom stereocenters. The Morgan fingerprint density at radius 3 is 1.52 bits per heavy atom. The lowest BCUT2D eigenvalue weighted by molar-refractivity contribution is -0.163. The second-order valence-electron chi connectivity index (χ2n) is 38.3. The quantitative estimate of drug-likeness (QED) is 0.0272. The van der Waals surface area contributed by atoms with Gasteiger partial charge in [-0.2, -0.15) is 0 Å². The van der Waals surface area contributed by atoms with Crippen LogP contribution in [-0.4, -0.2) is 365 Å². The highest BCUT2D eigenvalue weighted by molar-refractivity contribution is 6.04. The van der Waals surface area contributed by atoms with Crippen LogP contribution in [0, 0.1) is 41.4 Å². The van der Waals surface area contributed by atoms with E-state index in [9.17, 15) is 86.6 Å². The number of aliphatic hydroxyl groups is 1. The third-order valence-electron chi connectivity index (χ3n) is 25.6. The van der Waals surface area contributed by atoms with E-state index in [0.29, 0.717) is 10.5 Å². The van der Waals surface area contributed by atoms with Gasteiger partial charge in [-0.05, 0) is 75.2 Å². The van der Waals surface area contributed by atoms with Gasteiger partial charge >= 0.3 is 12.0 Å². The van der Waals surface area contributed by atoms with Crippen LogP contribution in [0.5, 0.6) is 0 Å². The lowest BCUT2D eigenvalue weighted by Crippen LogP contribution is -2.65. The number of esters is 1. The van der Waals surface area contributed by atoms with Crippen LogP contribution in [0.25, 0.3) is 0 Å². The normalized spacial score (nSPS) is 23.3. The zero-order chi connectivity index (χ0) is 111. The average molecular weight is 2050 g/mol. The number of ether oxygens (including phenoxy) is 2. The number of carbonyl (C=O) groups is 25. The lowest BCUT2D eigenvalue weighted by Gasteiger charge is -2.42. The molecule has 0 aliphatic carbocycles. The van der Waals surface area contributed by atoms with Gasteiger partial charge in [-0.15, -0.1) is 0 Å². The number of rotatable bonds is 39. The Morgan fingerprint density at radius 1 is 0.510 bits per heavy atom. The number of nitrogens with zero attached hydrogens (tertiary/aromatic N) is 7. The van der Waals surface area contributed by atoms with E-state index in [-0.39, 0.29) is 32.1 Å². The fraction of sp³-hybridized carbons (Fsp3) is 0.667. The van der Waals surface area contributed by atoms with Crippen molar-refractivity contribution in [3.8, 4) is 0 Å². The summed E-state index contributed by atoms with van der Waals surface area (Å²) in [5, 5.41) is 39.7. The summed E-state index contributed by atoms with van der Waals surface area (Å²) in [7, 11) is 9.50. The number of primary amides is 5. The molecular formula is C93H150N24O28. The number of benzene rings is 1. The molecule has 52 nitrogen and oxygen atoms in total. The second kappa shape index (κ2) is 56.8. The highest BCUT2D eigenvalue weighted by Gasteiger charge is 2.55. The zero-order valence-corrected chi connectivity index (χ0v) is 86.9. The van der Waals surface area contributed by atoms with Crippen LogP contribution in [0.3, 0.4) is 0 Å². The van der Waals surface area contributed by atoms with Gasteiger partial charge in [0.25, 0.3) is 0 Å². The first-order valence-electron chi connectivity index (χ1n) is 47.7. The average Bonchev–Trinajstić information content (AvgIpc) is 1.62. The summed E-state index contributed by atoms with van der Waals surface area (Å²) >= 11 is 0. The summed E-state index contributed by atoms with van der Waals surface area (Å²) in [5.41, 5.74) is 25.9. The number of methoxy groups -OCH3 is 1. The summed E-state index contributed by atoms with van der Waals surface area (Å²) in [4.78, 5) is 362. The molecule has 2 fully saturated rings. The molecule has 22 atom stereocenters. The summed E-state index contributed by atoms with van der Waals surface area (Å²) in [6, 6.07) is -21.3. The van der Waals surface area contributed by atoms with E-state index in [1.165, 1.54) is 56.2 Å². The molecule has 0 aromatic heterocycles. The number of fused-ring (bicyclic) bond motifs is 1. The molecule has 2 aliphatic heterocycles. The van der Waals surface area contributed by atoms with Gasteiger partial charge in [0.1, 0.15) is 103 Å². The van der Waals surface area contributed by atoms with Crippen molar-refractivity contribution in [2.45, 2.75) is 290 Å². The van der Waals surface area contributed by atoms with Gasteiger partial charge in [0, 0.05) is 62.9 Å². The maximum absolute atomic E-state index is 15.6. The predicted octanol–water partition coefficient (Wildman–Crippen LogP) is -7.44. The lowest BCUT2D eigenvalue weighted by atomic mass is 9.89.